The van der Waals surface area contributed by atoms with Crippen LogP contribution in [0.1, 0.15) is 42.9 Å². The average molecular weight is 500 g/mol. The standard InChI is InChI=1S/C24H26FN5O4S/c1-13-4-5-14(2)17(12-13)30(24(33)21-18(26)19(22(27)31)29-35-21)20(23(32)28-10-11-34-3)15-6-8-16(25)9-7-15/h4-9,12,20H,10-11,26H2,1-3H3,(H2,27,31)(H,28,32)/t20-/m0/s1. The van der Waals surface area contributed by atoms with Crippen LogP contribution >= 0.6 is 11.5 Å². The van der Waals surface area contributed by atoms with E-state index in [0.717, 1.165) is 5.56 Å². The fourth-order valence-corrected chi connectivity index (χ4v) is 4.26. The Morgan fingerprint density at radius 2 is 1.86 bits per heavy atom. The maximum atomic E-state index is 14.0. The average Bonchev–Trinajstić information content (AvgIpc) is 3.21. The normalized spacial score (nSPS) is 11.7. The van der Waals surface area contributed by atoms with E-state index in [1.54, 1.807) is 13.0 Å². The number of hydrogen-bond donors (Lipinski definition) is 3. The summed E-state index contributed by atoms with van der Waals surface area (Å²) < 4.78 is 22.7. The summed E-state index contributed by atoms with van der Waals surface area (Å²) in [6, 6.07) is 9.56. The molecule has 0 saturated carbocycles. The number of rotatable bonds is 9. The monoisotopic (exact) mass is 499 g/mol. The quantitative estimate of drug-likeness (QED) is 0.387. The Morgan fingerprint density at radius 1 is 1.17 bits per heavy atom. The third-order valence-corrected chi connectivity index (χ3v) is 6.15. The first-order valence-corrected chi connectivity index (χ1v) is 11.4. The number of aromatic nitrogens is 1. The van der Waals surface area contributed by atoms with Crippen molar-refractivity contribution in [1.29, 1.82) is 0 Å². The second-order valence-electron chi connectivity index (χ2n) is 7.84. The molecule has 0 bridgehead atoms. The van der Waals surface area contributed by atoms with Crippen LogP contribution in [0.3, 0.4) is 0 Å². The Balaban J connectivity index is 2.23. The van der Waals surface area contributed by atoms with Gasteiger partial charge in [0.15, 0.2) is 5.69 Å². The van der Waals surface area contributed by atoms with Crippen LogP contribution in [0.2, 0.25) is 0 Å². The number of carbonyl (C=O) groups is 3. The predicted molar refractivity (Wildman–Crippen MR) is 132 cm³/mol. The van der Waals surface area contributed by atoms with Gasteiger partial charge in [-0.3, -0.25) is 19.3 Å². The number of nitrogen functional groups attached to an aromatic ring is 1. The molecule has 0 aliphatic carbocycles. The van der Waals surface area contributed by atoms with Crippen molar-refractivity contribution in [2.75, 3.05) is 30.9 Å². The number of ether oxygens (including phenoxy) is 1. The van der Waals surface area contributed by atoms with E-state index in [0.29, 0.717) is 28.3 Å². The van der Waals surface area contributed by atoms with Crippen LogP contribution in [-0.2, 0) is 9.53 Å². The molecule has 1 aromatic heterocycles. The molecule has 0 unspecified atom stereocenters. The number of nitrogens with one attached hydrogen (secondary N) is 1. The van der Waals surface area contributed by atoms with Crippen molar-refractivity contribution in [2.45, 2.75) is 19.9 Å². The van der Waals surface area contributed by atoms with Gasteiger partial charge in [-0.05, 0) is 60.3 Å². The van der Waals surface area contributed by atoms with Gasteiger partial charge >= 0.3 is 0 Å². The zero-order valence-electron chi connectivity index (χ0n) is 19.5. The van der Waals surface area contributed by atoms with Gasteiger partial charge in [-0.25, -0.2) is 4.39 Å². The number of primary amides is 1. The number of benzene rings is 2. The smallest absolute Gasteiger partial charge is 0.273 e. The Morgan fingerprint density at radius 3 is 2.46 bits per heavy atom. The predicted octanol–water partition coefficient (Wildman–Crippen LogP) is 2.73. The molecule has 0 aliphatic rings. The van der Waals surface area contributed by atoms with E-state index in [1.807, 2.05) is 19.1 Å². The number of anilines is 2. The molecule has 3 amide bonds. The van der Waals surface area contributed by atoms with Crippen molar-refractivity contribution in [3.8, 4) is 0 Å². The number of halogens is 1. The molecular formula is C24H26FN5O4S. The van der Waals surface area contributed by atoms with E-state index in [4.69, 9.17) is 16.2 Å². The van der Waals surface area contributed by atoms with E-state index in [9.17, 15) is 18.8 Å². The first-order chi connectivity index (χ1) is 16.6. The van der Waals surface area contributed by atoms with E-state index >= 15 is 0 Å². The van der Waals surface area contributed by atoms with Gasteiger partial charge in [0.1, 0.15) is 16.7 Å². The maximum absolute atomic E-state index is 14.0. The highest BCUT2D eigenvalue weighted by Gasteiger charge is 2.36. The Hall–Kier alpha value is -3.83. The summed E-state index contributed by atoms with van der Waals surface area (Å²) in [5.41, 5.74) is 13.4. The molecule has 35 heavy (non-hydrogen) atoms. The van der Waals surface area contributed by atoms with Crippen molar-refractivity contribution in [3.05, 3.63) is 75.5 Å². The van der Waals surface area contributed by atoms with Crippen LogP contribution in [0.15, 0.2) is 42.5 Å². The SMILES string of the molecule is COCCNC(=O)[C@H](c1ccc(F)cc1)N(C(=O)c1snc(C(N)=O)c1N)c1cc(C)ccc1C. The van der Waals surface area contributed by atoms with Crippen LogP contribution < -0.4 is 21.7 Å². The molecule has 1 atom stereocenters. The number of methoxy groups -OCH3 is 1. The molecular weight excluding hydrogens is 473 g/mol. The maximum Gasteiger partial charge on any atom is 0.273 e. The highest BCUT2D eigenvalue weighted by molar-refractivity contribution is 7.09. The molecule has 0 saturated heterocycles. The Bertz CT molecular complexity index is 1250. The van der Waals surface area contributed by atoms with E-state index in [2.05, 4.69) is 9.69 Å². The van der Waals surface area contributed by atoms with Crippen LogP contribution in [-0.4, -0.2) is 42.4 Å². The zero-order chi connectivity index (χ0) is 25.7. The largest absolute Gasteiger partial charge is 0.395 e. The number of nitrogens with two attached hydrogens (primary N) is 2. The fraction of sp³-hybridized carbons (Fsp3) is 0.250. The van der Waals surface area contributed by atoms with Gasteiger partial charge in [0, 0.05) is 19.3 Å². The van der Waals surface area contributed by atoms with Crippen LogP contribution in [0.5, 0.6) is 0 Å². The molecule has 11 heteroatoms. The molecule has 9 nitrogen and oxygen atoms in total. The summed E-state index contributed by atoms with van der Waals surface area (Å²) in [5.74, 6) is -2.53. The topological polar surface area (TPSA) is 141 Å². The van der Waals surface area contributed by atoms with Gasteiger partial charge in [0.25, 0.3) is 11.8 Å². The molecule has 0 spiro atoms. The second kappa shape index (κ2) is 11.1. The number of hydrogen-bond acceptors (Lipinski definition) is 7. The molecule has 5 N–H and O–H groups in total. The first kappa shape index (κ1) is 25.8. The van der Waals surface area contributed by atoms with E-state index < -0.39 is 29.6 Å². The van der Waals surface area contributed by atoms with Crippen LogP contribution in [0.4, 0.5) is 15.8 Å². The molecule has 1 heterocycles. The highest BCUT2D eigenvalue weighted by Crippen LogP contribution is 2.35. The van der Waals surface area contributed by atoms with Crippen LogP contribution in [0, 0.1) is 19.7 Å². The molecule has 184 valence electrons. The van der Waals surface area contributed by atoms with E-state index in [1.165, 1.54) is 36.3 Å². The van der Waals surface area contributed by atoms with Gasteiger partial charge < -0.3 is 21.5 Å². The van der Waals surface area contributed by atoms with E-state index in [-0.39, 0.29) is 29.4 Å². The van der Waals surface area contributed by atoms with Gasteiger partial charge in [0.05, 0.1) is 12.3 Å². The molecule has 0 fully saturated rings. The number of carbonyl (C=O) groups excluding carboxylic acids is 3. The van der Waals surface area contributed by atoms with Gasteiger partial charge in [-0.15, -0.1) is 0 Å². The lowest BCUT2D eigenvalue weighted by Gasteiger charge is -2.32. The molecule has 0 aliphatic heterocycles. The van der Waals surface area contributed by atoms with Gasteiger partial charge in [-0.1, -0.05) is 24.3 Å². The van der Waals surface area contributed by atoms with Crippen LogP contribution in [0.25, 0.3) is 0 Å². The minimum Gasteiger partial charge on any atom is -0.395 e. The third-order valence-electron chi connectivity index (χ3n) is 5.30. The van der Waals surface area contributed by atoms with Crippen molar-refractivity contribution < 1.29 is 23.5 Å². The number of amides is 3. The van der Waals surface area contributed by atoms with Crippen molar-refractivity contribution in [1.82, 2.24) is 9.69 Å². The van der Waals surface area contributed by atoms with Gasteiger partial charge in [0.2, 0.25) is 5.91 Å². The lowest BCUT2D eigenvalue weighted by molar-refractivity contribution is -0.122. The Kier molecular flexibility index (Phi) is 8.15. The summed E-state index contributed by atoms with van der Waals surface area (Å²) in [4.78, 5) is 40.4. The molecule has 3 rings (SSSR count). The zero-order valence-corrected chi connectivity index (χ0v) is 20.3. The number of aryl methyl sites for hydroxylation is 2. The minimum absolute atomic E-state index is 0.0449. The second-order valence-corrected chi connectivity index (χ2v) is 8.61. The summed E-state index contributed by atoms with van der Waals surface area (Å²) in [6.07, 6.45) is 0. The van der Waals surface area contributed by atoms with Gasteiger partial charge in [-0.2, -0.15) is 4.37 Å². The minimum atomic E-state index is -1.20. The highest BCUT2D eigenvalue weighted by atomic mass is 32.1. The molecule has 3 aromatic rings. The number of nitrogens with zero attached hydrogens (tertiary/aromatic N) is 2. The lowest BCUT2D eigenvalue weighted by Crippen LogP contribution is -2.45. The van der Waals surface area contributed by atoms with Crippen molar-refractivity contribution >= 4 is 40.6 Å². The summed E-state index contributed by atoms with van der Waals surface area (Å²) in [7, 11) is 1.50. The molecule has 0 radical (unpaired) electrons. The van der Waals surface area contributed by atoms with Crippen molar-refractivity contribution in [2.24, 2.45) is 5.73 Å². The first-order valence-electron chi connectivity index (χ1n) is 10.6. The fourth-order valence-electron chi connectivity index (χ4n) is 3.52. The summed E-state index contributed by atoms with van der Waals surface area (Å²) in [5, 5.41) is 2.76. The third kappa shape index (κ3) is 5.64. The Labute approximate surface area is 206 Å². The summed E-state index contributed by atoms with van der Waals surface area (Å²) >= 11 is 0.715. The summed E-state index contributed by atoms with van der Waals surface area (Å²) in [6.45, 7) is 4.09. The lowest BCUT2D eigenvalue weighted by atomic mass is 10.0. The molecule has 2 aromatic carbocycles. The van der Waals surface area contributed by atoms with Crippen molar-refractivity contribution in [3.63, 3.8) is 0 Å².